The zero-order valence-corrected chi connectivity index (χ0v) is 14.6. The first-order valence-corrected chi connectivity index (χ1v) is 9.28. The quantitative estimate of drug-likeness (QED) is 0.902. The standard InChI is InChI=1S/C17H21N5OS/c1-23-12-2-3-14-13(8-12)19-16(24-14)22-10-17(20-15(22)18)9-21-6-4-11(17)5-7-21/h2-3,8,11H,4-7,9-10H2,1H3,(H2,18,20). The predicted octanol–water partition coefficient (Wildman–Crippen LogP) is 1.90. The van der Waals surface area contributed by atoms with Gasteiger partial charge in [-0.3, -0.25) is 4.90 Å². The van der Waals surface area contributed by atoms with Gasteiger partial charge in [-0.15, -0.1) is 0 Å². The Labute approximate surface area is 144 Å². The molecule has 6 rings (SSSR count). The van der Waals surface area contributed by atoms with Crippen molar-refractivity contribution in [3.05, 3.63) is 18.2 Å². The molecule has 1 aromatic heterocycles. The molecule has 5 heterocycles. The summed E-state index contributed by atoms with van der Waals surface area (Å²) in [5.74, 6) is 2.10. The van der Waals surface area contributed by atoms with E-state index in [-0.39, 0.29) is 5.54 Å². The number of fused-ring (bicyclic) bond motifs is 3. The number of ether oxygens (including phenoxy) is 1. The lowest BCUT2D eigenvalue weighted by Gasteiger charge is -2.49. The molecule has 24 heavy (non-hydrogen) atoms. The van der Waals surface area contributed by atoms with Crippen molar-refractivity contribution in [3.63, 3.8) is 0 Å². The van der Waals surface area contributed by atoms with Crippen molar-refractivity contribution in [1.82, 2.24) is 9.88 Å². The monoisotopic (exact) mass is 343 g/mol. The number of anilines is 1. The molecular formula is C17H21N5OS. The minimum absolute atomic E-state index is 0.0316. The number of hydrogen-bond donors (Lipinski definition) is 1. The van der Waals surface area contributed by atoms with E-state index in [1.165, 1.54) is 25.9 Å². The summed E-state index contributed by atoms with van der Waals surface area (Å²) in [7, 11) is 1.68. The van der Waals surface area contributed by atoms with Gasteiger partial charge in [-0.1, -0.05) is 11.3 Å². The summed E-state index contributed by atoms with van der Waals surface area (Å²) >= 11 is 1.67. The number of rotatable bonds is 2. The maximum Gasteiger partial charge on any atom is 0.198 e. The van der Waals surface area contributed by atoms with Crippen LogP contribution in [0, 0.1) is 5.92 Å². The molecule has 3 saturated heterocycles. The van der Waals surface area contributed by atoms with Crippen molar-refractivity contribution in [1.29, 1.82) is 0 Å². The van der Waals surface area contributed by atoms with Gasteiger partial charge in [0.05, 0.1) is 29.4 Å². The van der Waals surface area contributed by atoms with Crippen molar-refractivity contribution in [2.45, 2.75) is 18.4 Å². The van der Waals surface area contributed by atoms with Crippen molar-refractivity contribution < 1.29 is 4.74 Å². The SMILES string of the molecule is COc1ccc2sc(N3CC4(CN5CCC4CC5)N=C3N)nc2c1. The molecule has 0 radical (unpaired) electrons. The van der Waals surface area contributed by atoms with Gasteiger partial charge in [-0.2, -0.15) is 0 Å². The Morgan fingerprint density at radius 3 is 2.83 bits per heavy atom. The number of thiazole rings is 1. The third-order valence-corrected chi connectivity index (χ3v) is 6.76. The van der Waals surface area contributed by atoms with Gasteiger partial charge in [0, 0.05) is 12.6 Å². The Hall–Kier alpha value is -1.86. The highest BCUT2D eigenvalue weighted by molar-refractivity contribution is 7.22. The zero-order chi connectivity index (χ0) is 16.3. The van der Waals surface area contributed by atoms with Crippen LogP contribution in [0.25, 0.3) is 10.2 Å². The largest absolute Gasteiger partial charge is 0.497 e. The Kier molecular flexibility index (Phi) is 3.06. The van der Waals surface area contributed by atoms with Gasteiger partial charge in [0.25, 0.3) is 0 Å². The Morgan fingerprint density at radius 1 is 1.29 bits per heavy atom. The molecule has 2 aromatic rings. The zero-order valence-electron chi connectivity index (χ0n) is 13.7. The van der Waals surface area contributed by atoms with E-state index in [2.05, 4.69) is 15.9 Å². The lowest BCUT2D eigenvalue weighted by atomic mass is 9.73. The van der Waals surface area contributed by atoms with Crippen LogP contribution in [0.5, 0.6) is 5.75 Å². The molecular weight excluding hydrogens is 322 g/mol. The van der Waals surface area contributed by atoms with Crippen LogP contribution in [0.1, 0.15) is 12.8 Å². The normalized spacial score (nSPS) is 31.9. The molecule has 0 aliphatic carbocycles. The number of guanidine groups is 1. The maximum atomic E-state index is 6.33. The lowest BCUT2D eigenvalue weighted by molar-refractivity contribution is 0.0390. The van der Waals surface area contributed by atoms with Crippen LogP contribution in [-0.4, -0.2) is 54.7 Å². The molecule has 1 aromatic carbocycles. The number of aliphatic imine (C=N–C) groups is 1. The van der Waals surface area contributed by atoms with Gasteiger partial charge in [-0.25, -0.2) is 9.98 Å². The average molecular weight is 343 g/mol. The third kappa shape index (κ3) is 2.04. The summed E-state index contributed by atoms with van der Waals surface area (Å²) in [6.07, 6.45) is 2.48. The molecule has 1 unspecified atom stereocenters. The first kappa shape index (κ1) is 14.5. The number of nitrogens with zero attached hydrogens (tertiary/aromatic N) is 4. The van der Waals surface area contributed by atoms with Crippen LogP contribution in [0.15, 0.2) is 23.2 Å². The van der Waals surface area contributed by atoms with E-state index in [1.807, 2.05) is 12.1 Å². The van der Waals surface area contributed by atoms with Crippen LogP contribution >= 0.6 is 11.3 Å². The number of aromatic nitrogens is 1. The van der Waals surface area contributed by atoms with Crippen molar-refractivity contribution >= 4 is 32.6 Å². The van der Waals surface area contributed by atoms with Crippen LogP contribution in [0.3, 0.4) is 0 Å². The Bertz CT molecular complexity index is 825. The lowest BCUT2D eigenvalue weighted by Crippen LogP contribution is -2.60. The summed E-state index contributed by atoms with van der Waals surface area (Å²) in [6.45, 7) is 4.32. The highest BCUT2D eigenvalue weighted by Gasteiger charge is 2.51. The second kappa shape index (κ2) is 5.07. The molecule has 7 heteroatoms. The van der Waals surface area contributed by atoms with Gasteiger partial charge < -0.3 is 15.4 Å². The molecule has 0 amide bonds. The molecule has 0 saturated carbocycles. The summed E-state index contributed by atoms with van der Waals surface area (Å²) in [6, 6.07) is 6.01. The molecule has 6 nitrogen and oxygen atoms in total. The van der Waals surface area contributed by atoms with E-state index in [1.54, 1.807) is 18.4 Å². The topological polar surface area (TPSA) is 67.0 Å². The fourth-order valence-corrected chi connectivity index (χ4v) is 5.39. The molecule has 4 aliphatic heterocycles. The third-order valence-electron chi connectivity index (χ3n) is 5.70. The highest BCUT2D eigenvalue weighted by atomic mass is 32.1. The second-order valence-corrected chi connectivity index (χ2v) is 8.05. The maximum absolute atomic E-state index is 6.33. The smallest absolute Gasteiger partial charge is 0.198 e. The van der Waals surface area contributed by atoms with Gasteiger partial charge in [0.15, 0.2) is 11.1 Å². The molecule has 126 valence electrons. The number of piperidine rings is 3. The van der Waals surface area contributed by atoms with Crippen molar-refractivity contribution in [2.24, 2.45) is 16.6 Å². The summed E-state index contributed by atoms with van der Waals surface area (Å²) in [5, 5.41) is 0.938. The number of methoxy groups -OCH3 is 1. The minimum Gasteiger partial charge on any atom is -0.497 e. The summed E-state index contributed by atoms with van der Waals surface area (Å²) in [5.41, 5.74) is 7.25. The fourth-order valence-electron chi connectivity index (χ4n) is 4.43. The van der Waals surface area contributed by atoms with E-state index in [0.717, 1.165) is 34.2 Å². The van der Waals surface area contributed by atoms with Gasteiger partial charge >= 0.3 is 0 Å². The minimum atomic E-state index is -0.0316. The van der Waals surface area contributed by atoms with Crippen LogP contribution in [-0.2, 0) is 0 Å². The first-order chi connectivity index (χ1) is 11.7. The Morgan fingerprint density at radius 2 is 2.12 bits per heavy atom. The van der Waals surface area contributed by atoms with Crippen LogP contribution in [0.4, 0.5) is 5.13 Å². The summed E-state index contributed by atoms with van der Waals surface area (Å²) in [4.78, 5) is 14.4. The van der Waals surface area contributed by atoms with Crippen LogP contribution < -0.4 is 15.4 Å². The summed E-state index contributed by atoms with van der Waals surface area (Å²) < 4.78 is 6.45. The molecule has 3 fully saturated rings. The van der Waals surface area contributed by atoms with Crippen LogP contribution in [0.2, 0.25) is 0 Å². The molecule has 2 bridgehead atoms. The second-order valence-electron chi connectivity index (χ2n) is 7.04. The predicted molar refractivity (Wildman–Crippen MR) is 97.0 cm³/mol. The fraction of sp³-hybridized carbons (Fsp3) is 0.529. The Balaban J connectivity index is 1.49. The molecule has 1 spiro atoms. The molecule has 1 atom stereocenters. The highest BCUT2D eigenvalue weighted by Crippen LogP contribution is 2.43. The average Bonchev–Trinajstić information content (AvgIpc) is 3.16. The van der Waals surface area contributed by atoms with Crippen molar-refractivity contribution in [2.75, 3.05) is 38.2 Å². The van der Waals surface area contributed by atoms with E-state index in [9.17, 15) is 0 Å². The van der Waals surface area contributed by atoms with E-state index >= 15 is 0 Å². The van der Waals surface area contributed by atoms with E-state index < -0.39 is 0 Å². The number of nitrogens with two attached hydrogens (primary N) is 1. The van der Waals surface area contributed by atoms with Gasteiger partial charge in [0.1, 0.15) is 5.75 Å². The van der Waals surface area contributed by atoms with Gasteiger partial charge in [-0.05, 0) is 44.0 Å². The van der Waals surface area contributed by atoms with E-state index in [0.29, 0.717) is 11.9 Å². The molecule has 4 aliphatic rings. The number of benzene rings is 1. The van der Waals surface area contributed by atoms with Crippen molar-refractivity contribution in [3.8, 4) is 5.75 Å². The molecule has 2 N–H and O–H groups in total. The first-order valence-electron chi connectivity index (χ1n) is 8.47. The number of hydrogen-bond acceptors (Lipinski definition) is 7. The van der Waals surface area contributed by atoms with E-state index in [4.69, 9.17) is 20.4 Å². The van der Waals surface area contributed by atoms with Gasteiger partial charge in [0.2, 0.25) is 0 Å².